The van der Waals surface area contributed by atoms with Crippen LogP contribution in [0.15, 0.2) is 36.5 Å². The first-order chi connectivity index (χ1) is 9.63. The summed E-state index contributed by atoms with van der Waals surface area (Å²) in [7, 11) is 1.87. The summed E-state index contributed by atoms with van der Waals surface area (Å²) in [6.45, 7) is 1.94. The standard InChI is InChI=1S/C14H17N5O/c1-17-7-6-12(16-17)10-18-8-9-19(14(18)20)13-4-2-11(15)3-5-13/h2-7H,8-10,15H2,1H3. The molecule has 1 aromatic carbocycles. The average molecular weight is 271 g/mol. The van der Waals surface area contributed by atoms with Gasteiger partial charge in [0.05, 0.1) is 12.2 Å². The van der Waals surface area contributed by atoms with E-state index < -0.39 is 0 Å². The largest absolute Gasteiger partial charge is 0.399 e. The predicted molar refractivity (Wildman–Crippen MR) is 77.2 cm³/mol. The van der Waals surface area contributed by atoms with Crippen LogP contribution in [0.1, 0.15) is 5.69 Å². The highest BCUT2D eigenvalue weighted by atomic mass is 16.2. The zero-order valence-corrected chi connectivity index (χ0v) is 11.4. The molecule has 20 heavy (non-hydrogen) atoms. The van der Waals surface area contributed by atoms with Gasteiger partial charge in [-0.2, -0.15) is 5.10 Å². The number of nitrogens with two attached hydrogens (primary N) is 1. The number of anilines is 2. The highest BCUT2D eigenvalue weighted by Crippen LogP contribution is 2.22. The van der Waals surface area contributed by atoms with Crippen molar-refractivity contribution in [2.24, 2.45) is 7.05 Å². The summed E-state index contributed by atoms with van der Waals surface area (Å²) in [4.78, 5) is 16.0. The van der Waals surface area contributed by atoms with Crippen LogP contribution in [0.4, 0.5) is 16.2 Å². The van der Waals surface area contributed by atoms with Crippen molar-refractivity contribution in [2.45, 2.75) is 6.54 Å². The monoisotopic (exact) mass is 271 g/mol. The van der Waals surface area contributed by atoms with E-state index in [1.807, 2.05) is 43.6 Å². The number of benzene rings is 1. The van der Waals surface area contributed by atoms with Crippen molar-refractivity contribution in [3.8, 4) is 0 Å². The molecule has 2 heterocycles. The number of hydrogen-bond donors (Lipinski definition) is 1. The number of rotatable bonds is 3. The Morgan fingerprint density at radius 3 is 2.60 bits per heavy atom. The van der Waals surface area contributed by atoms with Gasteiger partial charge < -0.3 is 10.6 Å². The first kappa shape index (κ1) is 12.5. The lowest BCUT2D eigenvalue weighted by Crippen LogP contribution is -2.31. The Labute approximate surface area is 117 Å². The predicted octanol–water partition coefficient (Wildman–Crippen LogP) is 1.44. The average Bonchev–Trinajstić information content (AvgIpc) is 2.99. The fraction of sp³-hybridized carbons (Fsp3) is 0.286. The number of carbonyl (C=O) groups excluding carboxylic acids is 1. The molecule has 1 aliphatic heterocycles. The summed E-state index contributed by atoms with van der Waals surface area (Å²) in [6.07, 6.45) is 1.88. The number of amides is 2. The minimum Gasteiger partial charge on any atom is -0.399 e. The maximum atomic E-state index is 12.4. The lowest BCUT2D eigenvalue weighted by atomic mass is 10.2. The third-order valence-electron chi connectivity index (χ3n) is 3.42. The molecule has 0 atom stereocenters. The van der Waals surface area contributed by atoms with E-state index in [0.717, 1.165) is 11.4 Å². The van der Waals surface area contributed by atoms with Crippen molar-refractivity contribution in [3.63, 3.8) is 0 Å². The minimum atomic E-state index is 0.0143. The van der Waals surface area contributed by atoms with Crippen molar-refractivity contribution < 1.29 is 4.79 Å². The zero-order valence-electron chi connectivity index (χ0n) is 11.4. The van der Waals surface area contributed by atoms with E-state index in [4.69, 9.17) is 5.73 Å². The van der Waals surface area contributed by atoms with Crippen LogP contribution >= 0.6 is 0 Å². The maximum Gasteiger partial charge on any atom is 0.324 e. The molecule has 0 saturated carbocycles. The highest BCUT2D eigenvalue weighted by molar-refractivity contribution is 5.94. The van der Waals surface area contributed by atoms with Gasteiger partial charge in [0.2, 0.25) is 0 Å². The topological polar surface area (TPSA) is 67.4 Å². The van der Waals surface area contributed by atoms with Gasteiger partial charge in [0.25, 0.3) is 0 Å². The number of carbonyl (C=O) groups is 1. The Morgan fingerprint density at radius 1 is 1.20 bits per heavy atom. The quantitative estimate of drug-likeness (QED) is 0.859. The molecule has 1 saturated heterocycles. The molecule has 1 aliphatic rings. The number of hydrogen-bond acceptors (Lipinski definition) is 3. The molecule has 6 nitrogen and oxygen atoms in total. The second-order valence-corrected chi connectivity index (χ2v) is 4.93. The molecule has 104 valence electrons. The second kappa shape index (κ2) is 4.88. The number of aromatic nitrogens is 2. The van der Waals surface area contributed by atoms with Gasteiger partial charge in [-0.05, 0) is 30.3 Å². The van der Waals surface area contributed by atoms with Gasteiger partial charge in [-0.3, -0.25) is 9.58 Å². The van der Waals surface area contributed by atoms with E-state index in [1.165, 1.54) is 0 Å². The second-order valence-electron chi connectivity index (χ2n) is 4.93. The molecule has 0 bridgehead atoms. The van der Waals surface area contributed by atoms with Crippen LogP contribution in [0, 0.1) is 0 Å². The van der Waals surface area contributed by atoms with E-state index in [2.05, 4.69) is 5.10 Å². The molecule has 0 radical (unpaired) electrons. The number of urea groups is 1. The van der Waals surface area contributed by atoms with Crippen molar-refractivity contribution in [3.05, 3.63) is 42.2 Å². The molecule has 1 fully saturated rings. The summed E-state index contributed by atoms with van der Waals surface area (Å²) in [6, 6.07) is 9.31. The summed E-state index contributed by atoms with van der Waals surface area (Å²) in [5.74, 6) is 0. The fourth-order valence-corrected chi connectivity index (χ4v) is 2.37. The molecule has 0 spiro atoms. The Balaban J connectivity index is 1.72. The van der Waals surface area contributed by atoms with E-state index in [-0.39, 0.29) is 6.03 Å². The molecular formula is C14H17N5O. The molecular weight excluding hydrogens is 254 g/mol. The van der Waals surface area contributed by atoms with Crippen LogP contribution in [0.25, 0.3) is 0 Å². The summed E-state index contributed by atoms with van der Waals surface area (Å²) in [5, 5.41) is 4.31. The van der Waals surface area contributed by atoms with Crippen LogP contribution < -0.4 is 10.6 Å². The van der Waals surface area contributed by atoms with Crippen molar-refractivity contribution >= 4 is 17.4 Å². The van der Waals surface area contributed by atoms with Crippen molar-refractivity contribution in [1.29, 1.82) is 0 Å². The maximum absolute atomic E-state index is 12.4. The van der Waals surface area contributed by atoms with Crippen LogP contribution in [0.3, 0.4) is 0 Å². The van der Waals surface area contributed by atoms with Crippen LogP contribution in [-0.2, 0) is 13.6 Å². The molecule has 0 aliphatic carbocycles. The van der Waals surface area contributed by atoms with E-state index in [0.29, 0.717) is 25.3 Å². The first-order valence-corrected chi connectivity index (χ1v) is 6.54. The SMILES string of the molecule is Cn1ccc(CN2CCN(c3ccc(N)cc3)C2=O)n1. The Morgan fingerprint density at radius 2 is 1.95 bits per heavy atom. The molecule has 2 N–H and O–H groups in total. The van der Waals surface area contributed by atoms with Gasteiger partial charge in [0.15, 0.2) is 0 Å². The molecule has 3 rings (SSSR count). The van der Waals surface area contributed by atoms with Crippen LogP contribution in [0.2, 0.25) is 0 Å². The summed E-state index contributed by atoms with van der Waals surface area (Å²) < 4.78 is 1.74. The Kier molecular flexibility index (Phi) is 3.06. The first-order valence-electron chi connectivity index (χ1n) is 6.54. The van der Waals surface area contributed by atoms with E-state index >= 15 is 0 Å². The van der Waals surface area contributed by atoms with Gasteiger partial charge in [0, 0.05) is 37.7 Å². The lowest BCUT2D eigenvalue weighted by molar-refractivity contribution is 0.218. The van der Waals surface area contributed by atoms with Crippen LogP contribution in [-0.4, -0.2) is 33.8 Å². The minimum absolute atomic E-state index is 0.0143. The van der Waals surface area contributed by atoms with E-state index in [1.54, 1.807) is 14.5 Å². The van der Waals surface area contributed by atoms with Gasteiger partial charge in [-0.15, -0.1) is 0 Å². The van der Waals surface area contributed by atoms with Gasteiger partial charge in [-0.25, -0.2) is 4.79 Å². The Hall–Kier alpha value is -2.50. The third kappa shape index (κ3) is 2.32. The highest BCUT2D eigenvalue weighted by Gasteiger charge is 2.29. The molecule has 0 unspecified atom stereocenters. The number of nitrogen functional groups attached to an aromatic ring is 1. The lowest BCUT2D eigenvalue weighted by Gasteiger charge is -2.18. The summed E-state index contributed by atoms with van der Waals surface area (Å²) in [5.41, 5.74) is 8.15. The summed E-state index contributed by atoms with van der Waals surface area (Å²) >= 11 is 0. The van der Waals surface area contributed by atoms with Crippen molar-refractivity contribution in [1.82, 2.24) is 14.7 Å². The molecule has 2 aromatic rings. The molecule has 1 aromatic heterocycles. The van der Waals surface area contributed by atoms with E-state index in [9.17, 15) is 4.79 Å². The smallest absolute Gasteiger partial charge is 0.324 e. The zero-order chi connectivity index (χ0) is 14.1. The van der Waals surface area contributed by atoms with Gasteiger partial charge >= 0.3 is 6.03 Å². The van der Waals surface area contributed by atoms with Crippen molar-refractivity contribution in [2.75, 3.05) is 23.7 Å². The number of nitrogens with zero attached hydrogens (tertiary/aromatic N) is 4. The van der Waals surface area contributed by atoms with Gasteiger partial charge in [-0.1, -0.05) is 0 Å². The van der Waals surface area contributed by atoms with Gasteiger partial charge in [0.1, 0.15) is 0 Å². The fourth-order valence-electron chi connectivity index (χ4n) is 2.37. The molecule has 6 heteroatoms. The number of aryl methyl sites for hydroxylation is 1. The Bertz CT molecular complexity index is 619. The molecule has 2 amide bonds. The van der Waals surface area contributed by atoms with Crippen LogP contribution in [0.5, 0.6) is 0 Å². The third-order valence-corrected chi connectivity index (χ3v) is 3.42. The normalized spacial score (nSPS) is 15.2.